The third-order valence-corrected chi connectivity index (χ3v) is 4.03. The fourth-order valence-electron chi connectivity index (χ4n) is 2.06. The summed E-state index contributed by atoms with van der Waals surface area (Å²) < 4.78 is 82.0. The second-order valence-electron chi connectivity index (χ2n) is 5.29. The summed E-state index contributed by atoms with van der Waals surface area (Å²) in [7, 11) is 0. The predicted octanol–water partition coefficient (Wildman–Crippen LogP) is 4.73. The van der Waals surface area contributed by atoms with Gasteiger partial charge in [-0.3, -0.25) is 10.2 Å². The Morgan fingerprint density at radius 2 is 1.96 bits per heavy atom. The number of carbonyl (C=O) groups excluding carboxylic acids is 1. The van der Waals surface area contributed by atoms with Gasteiger partial charge in [0.15, 0.2) is 0 Å². The number of halogens is 6. The molecule has 1 heterocycles. The van der Waals surface area contributed by atoms with Gasteiger partial charge in [0.1, 0.15) is 0 Å². The van der Waals surface area contributed by atoms with Gasteiger partial charge in [-0.25, -0.2) is 4.98 Å². The molecule has 0 aliphatic rings. The van der Waals surface area contributed by atoms with Gasteiger partial charge in [-0.05, 0) is 25.1 Å². The zero-order chi connectivity index (χ0) is 20.9. The summed E-state index contributed by atoms with van der Waals surface area (Å²) in [6, 6.07) is 1.07. The Bertz CT molecular complexity index is 861. The molecule has 0 unspecified atom stereocenters. The molecule has 0 saturated carbocycles. The van der Waals surface area contributed by atoms with Crippen molar-refractivity contribution in [3.8, 4) is 0 Å². The number of nitrogens with one attached hydrogen (secondary N) is 1. The molecular formula is C16H13F6N3O2S. The summed E-state index contributed by atoms with van der Waals surface area (Å²) in [4.78, 5) is 15.3. The van der Waals surface area contributed by atoms with Crippen LogP contribution in [0.5, 0.6) is 0 Å². The number of ether oxygens (including phenoxy) is 1. The Balaban J connectivity index is 2.17. The Kier molecular flexibility index (Phi) is 6.65. The average molecular weight is 425 g/mol. The van der Waals surface area contributed by atoms with Crippen molar-refractivity contribution in [3.05, 3.63) is 46.0 Å². The first-order valence-electron chi connectivity index (χ1n) is 7.68. The Hall–Kier alpha value is -2.63. The first-order chi connectivity index (χ1) is 13.0. The number of rotatable bonds is 6. The number of alkyl halides is 6. The lowest BCUT2D eigenvalue weighted by atomic mass is 10.0. The lowest BCUT2D eigenvalue weighted by Crippen LogP contribution is -2.12. The average Bonchev–Trinajstić information content (AvgIpc) is 3.00. The molecule has 0 spiro atoms. The fourth-order valence-corrected chi connectivity index (χ4v) is 2.72. The topological polar surface area (TPSA) is 63.6 Å². The van der Waals surface area contributed by atoms with E-state index >= 15 is 0 Å². The Morgan fingerprint density at radius 3 is 2.57 bits per heavy atom. The van der Waals surface area contributed by atoms with Crippen LogP contribution >= 0.6 is 11.3 Å². The summed E-state index contributed by atoms with van der Waals surface area (Å²) in [6.07, 6.45) is -9.11. The van der Waals surface area contributed by atoms with Crippen LogP contribution in [0.3, 0.4) is 0 Å². The van der Waals surface area contributed by atoms with E-state index in [0.29, 0.717) is 30.1 Å². The lowest BCUT2D eigenvalue weighted by Gasteiger charge is -2.13. The molecule has 12 heteroatoms. The molecule has 0 aliphatic heterocycles. The molecule has 5 nitrogen and oxygen atoms in total. The van der Waals surface area contributed by atoms with Crippen molar-refractivity contribution in [2.24, 2.45) is 5.10 Å². The number of carbonyl (C=O) groups is 1. The highest BCUT2D eigenvalue weighted by atomic mass is 32.1. The molecule has 0 amide bonds. The molecule has 1 aromatic heterocycles. The molecule has 0 aliphatic carbocycles. The molecule has 0 radical (unpaired) electrons. The van der Waals surface area contributed by atoms with Crippen LogP contribution < -0.4 is 5.43 Å². The van der Waals surface area contributed by atoms with E-state index < -0.39 is 35.0 Å². The van der Waals surface area contributed by atoms with Crippen molar-refractivity contribution in [2.75, 3.05) is 12.0 Å². The van der Waals surface area contributed by atoms with E-state index in [-0.39, 0.29) is 18.2 Å². The zero-order valence-corrected chi connectivity index (χ0v) is 15.0. The second kappa shape index (κ2) is 8.59. The number of anilines is 1. The van der Waals surface area contributed by atoms with Crippen LogP contribution in [0.25, 0.3) is 0 Å². The SMILES string of the molecule is CCOC(=O)Cc1csc(NN=Cc2cc(C(F)(F)F)ccc2C(F)(F)F)n1. The van der Waals surface area contributed by atoms with Crippen molar-refractivity contribution in [1.82, 2.24) is 4.98 Å². The fraction of sp³-hybridized carbons (Fsp3) is 0.312. The summed E-state index contributed by atoms with van der Waals surface area (Å²) >= 11 is 1.02. The van der Waals surface area contributed by atoms with Crippen LogP contribution in [0.4, 0.5) is 31.5 Å². The molecule has 1 N–H and O–H groups in total. The highest BCUT2D eigenvalue weighted by Crippen LogP contribution is 2.36. The van der Waals surface area contributed by atoms with E-state index in [1.165, 1.54) is 5.38 Å². The largest absolute Gasteiger partial charge is 0.466 e. The number of aromatic nitrogens is 1. The molecule has 0 atom stereocenters. The van der Waals surface area contributed by atoms with E-state index in [4.69, 9.17) is 4.74 Å². The highest BCUT2D eigenvalue weighted by Gasteiger charge is 2.36. The second-order valence-corrected chi connectivity index (χ2v) is 6.15. The molecule has 2 rings (SSSR count). The molecular weight excluding hydrogens is 412 g/mol. The number of benzene rings is 1. The molecule has 0 bridgehead atoms. The minimum Gasteiger partial charge on any atom is -0.466 e. The third kappa shape index (κ3) is 5.94. The van der Waals surface area contributed by atoms with Crippen LogP contribution in [-0.4, -0.2) is 23.8 Å². The van der Waals surface area contributed by atoms with Gasteiger partial charge in [0.2, 0.25) is 5.13 Å². The Labute approximate surface area is 159 Å². The van der Waals surface area contributed by atoms with E-state index in [2.05, 4.69) is 15.5 Å². The first-order valence-corrected chi connectivity index (χ1v) is 8.56. The van der Waals surface area contributed by atoms with Crippen molar-refractivity contribution < 1.29 is 35.9 Å². The number of esters is 1. The van der Waals surface area contributed by atoms with Crippen molar-refractivity contribution in [3.63, 3.8) is 0 Å². The van der Waals surface area contributed by atoms with E-state index in [1.54, 1.807) is 6.92 Å². The minimum atomic E-state index is -4.85. The predicted molar refractivity (Wildman–Crippen MR) is 90.1 cm³/mol. The number of hydrazone groups is 1. The van der Waals surface area contributed by atoms with Crippen LogP contribution in [0.15, 0.2) is 28.7 Å². The normalized spacial score (nSPS) is 12.4. The molecule has 0 fully saturated rings. The molecule has 2 aromatic rings. The molecule has 0 saturated heterocycles. The number of hydrogen-bond donors (Lipinski definition) is 1. The number of hydrogen-bond acceptors (Lipinski definition) is 6. The quantitative estimate of drug-likeness (QED) is 0.315. The number of thiazole rings is 1. The Morgan fingerprint density at radius 1 is 1.25 bits per heavy atom. The number of nitrogens with zero attached hydrogens (tertiary/aromatic N) is 2. The standard InChI is InChI=1S/C16H13F6N3O2S/c1-2-27-13(26)6-11-8-28-14(24-11)25-23-7-9-5-10(15(17,18)19)3-4-12(9)16(20,21)22/h3-5,7-8H,2,6H2,1H3,(H,24,25). The lowest BCUT2D eigenvalue weighted by molar-refractivity contribution is -0.142. The van der Waals surface area contributed by atoms with Crippen LogP contribution in [0, 0.1) is 0 Å². The summed E-state index contributed by atoms with van der Waals surface area (Å²) in [5, 5.41) is 5.19. The van der Waals surface area contributed by atoms with Gasteiger partial charge in [-0.15, -0.1) is 11.3 Å². The minimum absolute atomic E-state index is 0.0957. The van der Waals surface area contributed by atoms with Gasteiger partial charge in [0.05, 0.1) is 36.1 Å². The van der Waals surface area contributed by atoms with Crippen molar-refractivity contribution in [2.45, 2.75) is 25.7 Å². The van der Waals surface area contributed by atoms with Gasteiger partial charge in [0.25, 0.3) is 0 Å². The van der Waals surface area contributed by atoms with Crippen LogP contribution in [0.2, 0.25) is 0 Å². The molecule has 28 heavy (non-hydrogen) atoms. The van der Waals surface area contributed by atoms with Crippen LogP contribution in [0.1, 0.15) is 29.3 Å². The van der Waals surface area contributed by atoms with E-state index in [1.807, 2.05) is 0 Å². The summed E-state index contributed by atoms with van der Waals surface area (Å²) in [5.41, 5.74) is -0.547. The van der Waals surface area contributed by atoms with Gasteiger partial charge in [-0.1, -0.05) is 0 Å². The van der Waals surface area contributed by atoms with Crippen molar-refractivity contribution in [1.29, 1.82) is 0 Å². The zero-order valence-electron chi connectivity index (χ0n) is 14.2. The van der Waals surface area contributed by atoms with Gasteiger partial charge < -0.3 is 4.74 Å². The molecule has 1 aromatic carbocycles. The van der Waals surface area contributed by atoms with Gasteiger partial charge in [0, 0.05) is 10.9 Å². The first kappa shape index (κ1) is 21.7. The van der Waals surface area contributed by atoms with Gasteiger partial charge >= 0.3 is 18.3 Å². The van der Waals surface area contributed by atoms with Crippen molar-refractivity contribution >= 4 is 28.7 Å². The molecule has 152 valence electrons. The maximum atomic E-state index is 13.0. The van der Waals surface area contributed by atoms with E-state index in [9.17, 15) is 31.1 Å². The highest BCUT2D eigenvalue weighted by molar-refractivity contribution is 7.13. The maximum Gasteiger partial charge on any atom is 0.417 e. The van der Waals surface area contributed by atoms with Gasteiger partial charge in [-0.2, -0.15) is 31.4 Å². The maximum absolute atomic E-state index is 13.0. The smallest absolute Gasteiger partial charge is 0.417 e. The van der Waals surface area contributed by atoms with E-state index in [0.717, 1.165) is 11.3 Å². The summed E-state index contributed by atoms with van der Waals surface area (Å²) in [6.45, 7) is 1.85. The third-order valence-electron chi connectivity index (χ3n) is 3.23. The van der Waals surface area contributed by atoms with Crippen LogP contribution in [-0.2, 0) is 28.3 Å². The monoisotopic (exact) mass is 425 g/mol. The summed E-state index contributed by atoms with van der Waals surface area (Å²) in [5.74, 6) is -0.498.